The Balaban J connectivity index is 1.68. The molecule has 2 fully saturated rings. The van der Waals surface area contributed by atoms with E-state index in [1.807, 2.05) is 0 Å². The molecule has 1 saturated carbocycles. The Labute approximate surface area is 160 Å². The van der Waals surface area contributed by atoms with Gasteiger partial charge in [-0.3, -0.25) is 9.59 Å². The molecule has 0 aromatic heterocycles. The quantitative estimate of drug-likeness (QED) is 0.524. The molecule has 1 saturated heterocycles. The van der Waals surface area contributed by atoms with Crippen LogP contribution in [0.4, 0.5) is 13.2 Å². The number of alkyl halides is 3. The highest BCUT2D eigenvalue weighted by molar-refractivity contribution is 6.14. The standard InChI is InChI=1S/C22H19F3O3/c1-13-11-15(14-5-4-6-16(12-14)22(23,24)25)7-8-17(13)18-19(26)21(28-20(18)27)9-2-3-10-21/h4-8,11-12,18H,2-3,9-10H2,1H3. The molecule has 1 spiro atoms. The molecule has 6 heteroatoms. The number of rotatable bonds is 2. The van der Waals surface area contributed by atoms with Crippen molar-refractivity contribution in [3.8, 4) is 11.1 Å². The highest BCUT2D eigenvalue weighted by atomic mass is 19.4. The summed E-state index contributed by atoms with van der Waals surface area (Å²) in [6.45, 7) is 1.76. The van der Waals surface area contributed by atoms with Crippen LogP contribution in [-0.2, 0) is 20.5 Å². The van der Waals surface area contributed by atoms with E-state index >= 15 is 0 Å². The van der Waals surface area contributed by atoms with Crippen LogP contribution in [0.15, 0.2) is 42.5 Å². The van der Waals surface area contributed by atoms with Gasteiger partial charge in [0.1, 0.15) is 5.92 Å². The first-order chi connectivity index (χ1) is 13.2. The first-order valence-electron chi connectivity index (χ1n) is 9.27. The summed E-state index contributed by atoms with van der Waals surface area (Å²) in [5, 5.41) is 0. The largest absolute Gasteiger partial charge is 0.450 e. The van der Waals surface area contributed by atoms with Crippen molar-refractivity contribution in [2.24, 2.45) is 0 Å². The van der Waals surface area contributed by atoms with Gasteiger partial charge in [0.15, 0.2) is 11.4 Å². The molecular formula is C22H19F3O3. The van der Waals surface area contributed by atoms with Crippen LogP contribution in [0.25, 0.3) is 11.1 Å². The van der Waals surface area contributed by atoms with Crippen molar-refractivity contribution in [1.82, 2.24) is 0 Å². The summed E-state index contributed by atoms with van der Waals surface area (Å²) in [4.78, 5) is 25.4. The highest BCUT2D eigenvalue weighted by Crippen LogP contribution is 2.45. The first kappa shape index (κ1) is 18.7. The minimum absolute atomic E-state index is 0.190. The number of hydrogen-bond donors (Lipinski definition) is 0. The minimum Gasteiger partial charge on any atom is -0.450 e. The lowest BCUT2D eigenvalue weighted by Gasteiger charge is -2.19. The Hall–Kier alpha value is -2.63. The molecule has 0 N–H and O–H groups in total. The number of hydrogen-bond acceptors (Lipinski definition) is 3. The predicted molar refractivity (Wildman–Crippen MR) is 96.7 cm³/mol. The van der Waals surface area contributed by atoms with Crippen molar-refractivity contribution < 1.29 is 27.5 Å². The smallest absolute Gasteiger partial charge is 0.416 e. The molecule has 146 valence electrons. The number of carbonyl (C=O) groups excluding carboxylic acids is 2. The van der Waals surface area contributed by atoms with Crippen LogP contribution in [0.1, 0.15) is 48.3 Å². The summed E-state index contributed by atoms with van der Waals surface area (Å²) < 4.78 is 44.4. The Morgan fingerprint density at radius 2 is 1.68 bits per heavy atom. The van der Waals surface area contributed by atoms with Gasteiger partial charge in [-0.05, 0) is 67.0 Å². The van der Waals surface area contributed by atoms with Crippen molar-refractivity contribution in [3.05, 3.63) is 59.2 Å². The molecule has 28 heavy (non-hydrogen) atoms. The van der Waals surface area contributed by atoms with Crippen molar-refractivity contribution in [2.75, 3.05) is 0 Å². The third-order valence-corrected chi connectivity index (χ3v) is 5.76. The Morgan fingerprint density at radius 1 is 1.00 bits per heavy atom. The van der Waals surface area contributed by atoms with Gasteiger partial charge in [-0.15, -0.1) is 0 Å². The molecule has 1 atom stereocenters. The lowest BCUT2D eigenvalue weighted by molar-refractivity contribution is -0.151. The van der Waals surface area contributed by atoms with Gasteiger partial charge in [-0.25, -0.2) is 0 Å². The van der Waals surface area contributed by atoms with Crippen molar-refractivity contribution in [3.63, 3.8) is 0 Å². The van der Waals surface area contributed by atoms with E-state index in [0.29, 0.717) is 35.1 Å². The molecule has 2 aromatic rings. The molecule has 3 nitrogen and oxygen atoms in total. The van der Waals surface area contributed by atoms with Crippen LogP contribution in [0.5, 0.6) is 0 Å². The first-order valence-corrected chi connectivity index (χ1v) is 9.27. The number of ether oxygens (including phenoxy) is 1. The fourth-order valence-corrected chi connectivity index (χ4v) is 4.29. The average molecular weight is 388 g/mol. The number of ketones is 1. The molecule has 1 unspecified atom stereocenters. The summed E-state index contributed by atoms with van der Waals surface area (Å²) in [7, 11) is 0. The van der Waals surface area contributed by atoms with E-state index in [4.69, 9.17) is 4.74 Å². The fraction of sp³-hybridized carbons (Fsp3) is 0.364. The van der Waals surface area contributed by atoms with Gasteiger partial charge in [-0.1, -0.05) is 30.3 Å². The molecule has 1 heterocycles. The number of aryl methyl sites for hydroxylation is 1. The van der Waals surface area contributed by atoms with E-state index < -0.39 is 29.2 Å². The number of carbonyl (C=O) groups is 2. The van der Waals surface area contributed by atoms with Gasteiger partial charge < -0.3 is 4.74 Å². The van der Waals surface area contributed by atoms with Crippen molar-refractivity contribution in [1.29, 1.82) is 0 Å². The predicted octanol–water partition coefficient (Wildman–Crippen LogP) is 5.20. The lowest BCUT2D eigenvalue weighted by atomic mass is 9.84. The third kappa shape index (κ3) is 3.01. The maximum absolute atomic E-state index is 13.0. The number of halogens is 3. The van der Waals surface area contributed by atoms with E-state index in [-0.39, 0.29) is 5.78 Å². The second kappa shape index (κ2) is 6.47. The third-order valence-electron chi connectivity index (χ3n) is 5.76. The SMILES string of the molecule is Cc1cc(-c2cccc(C(F)(F)F)c2)ccc1C1C(=O)OC2(CCCC2)C1=O. The summed E-state index contributed by atoms with van der Waals surface area (Å²) >= 11 is 0. The molecule has 1 aliphatic carbocycles. The number of Topliss-reactive ketones (excluding diaryl/α,β-unsaturated/α-hetero) is 1. The Bertz CT molecular complexity index is 956. The Morgan fingerprint density at radius 3 is 2.32 bits per heavy atom. The van der Waals surface area contributed by atoms with Crippen molar-refractivity contribution in [2.45, 2.75) is 50.3 Å². The highest BCUT2D eigenvalue weighted by Gasteiger charge is 2.56. The molecule has 0 radical (unpaired) electrons. The van der Waals surface area contributed by atoms with Gasteiger partial charge in [0.25, 0.3) is 0 Å². The molecule has 0 bridgehead atoms. The normalized spacial score (nSPS) is 21.4. The van der Waals surface area contributed by atoms with Crippen LogP contribution in [0, 0.1) is 6.92 Å². The maximum atomic E-state index is 13.0. The molecule has 1 aliphatic heterocycles. The lowest BCUT2D eigenvalue weighted by Crippen LogP contribution is -2.33. The number of esters is 1. The summed E-state index contributed by atoms with van der Waals surface area (Å²) in [5.41, 5.74) is 0.575. The van der Waals surface area contributed by atoms with Gasteiger partial charge in [0, 0.05) is 0 Å². The summed E-state index contributed by atoms with van der Waals surface area (Å²) in [6, 6.07) is 10.1. The fourth-order valence-electron chi connectivity index (χ4n) is 4.29. The molecule has 4 rings (SSSR count). The molecule has 2 aromatic carbocycles. The Kier molecular flexibility index (Phi) is 4.32. The average Bonchev–Trinajstić information content (AvgIpc) is 3.20. The van der Waals surface area contributed by atoms with Crippen LogP contribution in [-0.4, -0.2) is 17.4 Å². The van der Waals surface area contributed by atoms with E-state index in [1.165, 1.54) is 6.07 Å². The van der Waals surface area contributed by atoms with Crippen LogP contribution in [0.3, 0.4) is 0 Å². The van der Waals surface area contributed by atoms with Gasteiger partial charge in [0.2, 0.25) is 0 Å². The second-order valence-electron chi connectivity index (χ2n) is 7.57. The zero-order valence-electron chi connectivity index (χ0n) is 15.3. The van der Waals surface area contributed by atoms with Crippen molar-refractivity contribution >= 4 is 11.8 Å². The van der Waals surface area contributed by atoms with E-state index in [2.05, 4.69) is 0 Å². The van der Waals surface area contributed by atoms with Crippen LogP contribution < -0.4 is 0 Å². The zero-order valence-corrected chi connectivity index (χ0v) is 15.3. The monoisotopic (exact) mass is 388 g/mol. The van der Waals surface area contributed by atoms with Gasteiger partial charge >= 0.3 is 12.1 Å². The van der Waals surface area contributed by atoms with Gasteiger partial charge in [-0.2, -0.15) is 13.2 Å². The molecule has 0 amide bonds. The maximum Gasteiger partial charge on any atom is 0.416 e. The minimum atomic E-state index is -4.42. The summed E-state index contributed by atoms with van der Waals surface area (Å²) in [5.74, 6) is -1.67. The van der Waals surface area contributed by atoms with Gasteiger partial charge in [0.05, 0.1) is 5.56 Å². The van der Waals surface area contributed by atoms with Crippen LogP contribution in [0.2, 0.25) is 0 Å². The molecular weight excluding hydrogens is 369 g/mol. The van der Waals surface area contributed by atoms with Crippen LogP contribution >= 0.6 is 0 Å². The van der Waals surface area contributed by atoms with E-state index in [9.17, 15) is 22.8 Å². The zero-order chi connectivity index (χ0) is 20.1. The molecule has 2 aliphatic rings. The van der Waals surface area contributed by atoms with E-state index in [0.717, 1.165) is 25.0 Å². The number of benzene rings is 2. The van der Waals surface area contributed by atoms with E-state index in [1.54, 1.807) is 31.2 Å². The topological polar surface area (TPSA) is 43.4 Å². The summed E-state index contributed by atoms with van der Waals surface area (Å²) in [6.07, 6.45) is -1.57. The second-order valence-corrected chi connectivity index (χ2v) is 7.57.